The molecule has 2 atom stereocenters. The number of alkyl halides is 3. The molecular formula is C16H32F3N5. The van der Waals surface area contributed by atoms with Gasteiger partial charge in [-0.2, -0.15) is 13.2 Å². The highest BCUT2D eigenvalue weighted by molar-refractivity contribution is 5.80. The third-order valence-corrected chi connectivity index (χ3v) is 4.94. The van der Waals surface area contributed by atoms with Crippen molar-refractivity contribution in [3.05, 3.63) is 0 Å². The monoisotopic (exact) mass is 351 g/mol. The van der Waals surface area contributed by atoms with Crippen molar-refractivity contribution in [2.24, 2.45) is 4.99 Å². The van der Waals surface area contributed by atoms with E-state index < -0.39 is 12.2 Å². The lowest BCUT2D eigenvalue weighted by atomic mass is 10.2. The SMILES string of the molecule is CCC(C)N(C)CCNC(=NC)N1CCN(C(C)C(F)(F)F)CC1. The topological polar surface area (TPSA) is 34.1 Å². The molecule has 1 fully saturated rings. The lowest BCUT2D eigenvalue weighted by Gasteiger charge is -2.39. The first-order chi connectivity index (χ1) is 11.2. The van der Waals surface area contributed by atoms with Crippen LogP contribution >= 0.6 is 0 Å². The summed E-state index contributed by atoms with van der Waals surface area (Å²) in [5.74, 6) is 0.770. The predicted molar refractivity (Wildman–Crippen MR) is 92.4 cm³/mol. The number of nitrogens with zero attached hydrogens (tertiary/aromatic N) is 4. The van der Waals surface area contributed by atoms with Gasteiger partial charge in [-0.25, -0.2) is 0 Å². The molecule has 0 aromatic rings. The average Bonchev–Trinajstić information content (AvgIpc) is 2.56. The van der Waals surface area contributed by atoms with E-state index in [2.05, 4.69) is 36.1 Å². The van der Waals surface area contributed by atoms with Gasteiger partial charge in [0.25, 0.3) is 0 Å². The molecule has 1 rings (SSSR count). The van der Waals surface area contributed by atoms with E-state index in [0.717, 1.165) is 25.5 Å². The fraction of sp³-hybridized carbons (Fsp3) is 0.938. The molecule has 0 aromatic heterocycles. The smallest absolute Gasteiger partial charge is 0.355 e. The van der Waals surface area contributed by atoms with Crippen molar-refractivity contribution in [1.29, 1.82) is 0 Å². The normalized spacial score (nSPS) is 20.4. The molecule has 0 radical (unpaired) electrons. The van der Waals surface area contributed by atoms with Crippen molar-refractivity contribution in [3.63, 3.8) is 0 Å². The second-order valence-electron chi connectivity index (χ2n) is 6.45. The van der Waals surface area contributed by atoms with Gasteiger partial charge in [-0.3, -0.25) is 9.89 Å². The molecule has 142 valence electrons. The summed E-state index contributed by atoms with van der Waals surface area (Å²) in [4.78, 5) is 10.1. The van der Waals surface area contributed by atoms with Crippen molar-refractivity contribution in [2.45, 2.75) is 45.5 Å². The first kappa shape index (κ1) is 21.0. The Labute approximate surface area is 143 Å². The highest BCUT2D eigenvalue weighted by Crippen LogP contribution is 2.25. The lowest BCUT2D eigenvalue weighted by molar-refractivity contribution is -0.181. The average molecular weight is 351 g/mol. The number of guanidine groups is 1. The van der Waals surface area contributed by atoms with Crippen LogP contribution in [-0.2, 0) is 0 Å². The Morgan fingerprint density at radius 3 is 2.25 bits per heavy atom. The van der Waals surface area contributed by atoms with Gasteiger partial charge < -0.3 is 15.1 Å². The Morgan fingerprint density at radius 1 is 1.21 bits per heavy atom. The molecule has 0 spiro atoms. The van der Waals surface area contributed by atoms with Gasteiger partial charge in [-0.15, -0.1) is 0 Å². The zero-order chi connectivity index (χ0) is 18.3. The van der Waals surface area contributed by atoms with Crippen molar-refractivity contribution in [2.75, 3.05) is 53.4 Å². The molecular weight excluding hydrogens is 319 g/mol. The van der Waals surface area contributed by atoms with Crippen LogP contribution in [0.25, 0.3) is 0 Å². The quantitative estimate of drug-likeness (QED) is 0.585. The summed E-state index contributed by atoms with van der Waals surface area (Å²) >= 11 is 0. The minimum atomic E-state index is -4.16. The maximum atomic E-state index is 12.8. The minimum absolute atomic E-state index is 0.397. The maximum absolute atomic E-state index is 12.8. The molecule has 0 aliphatic carbocycles. The predicted octanol–water partition coefficient (Wildman–Crippen LogP) is 1.86. The van der Waals surface area contributed by atoms with Crippen LogP contribution in [-0.4, -0.2) is 92.3 Å². The number of aliphatic imine (C=N–C) groups is 1. The van der Waals surface area contributed by atoms with E-state index in [4.69, 9.17) is 0 Å². The molecule has 1 aliphatic heterocycles. The molecule has 1 N–H and O–H groups in total. The second-order valence-corrected chi connectivity index (χ2v) is 6.45. The van der Waals surface area contributed by atoms with Crippen molar-refractivity contribution >= 4 is 5.96 Å². The Kier molecular flexibility index (Phi) is 8.29. The van der Waals surface area contributed by atoms with Gasteiger partial charge in [-0.1, -0.05) is 6.92 Å². The third-order valence-electron chi connectivity index (χ3n) is 4.94. The highest BCUT2D eigenvalue weighted by Gasteiger charge is 2.41. The number of hydrogen-bond donors (Lipinski definition) is 1. The molecule has 1 heterocycles. The van der Waals surface area contributed by atoms with Crippen molar-refractivity contribution < 1.29 is 13.2 Å². The highest BCUT2D eigenvalue weighted by atomic mass is 19.4. The summed E-state index contributed by atoms with van der Waals surface area (Å²) in [7, 11) is 3.81. The number of piperazine rings is 1. The van der Waals surface area contributed by atoms with E-state index in [9.17, 15) is 13.2 Å². The van der Waals surface area contributed by atoms with Crippen LogP contribution in [0.4, 0.5) is 13.2 Å². The van der Waals surface area contributed by atoms with Crippen LogP contribution in [0.3, 0.4) is 0 Å². The third kappa shape index (κ3) is 6.12. The van der Waals surface area contributed by atoms with Gasteiger partial charge in [0.1, 0.15) is 6.04 Å². The van der Waals surface area contributed by atoms with E-state index in [1.807, 2.05) is 4.90 Å². The number of nitrogens with one attached hydrogen (secondary N) is 1. The Balaban J connectivity index is 2.41. The zero-order valence-electron chi connectivity index (χ0n) is 15.5. The van der Waals surface area contributed by atoms with Gasteiger partial charge in [0.2, 0.25) is 0 Å². The minimum Gasteiger partial charge on any atom is -0.355 e. The zero-order valence-corrected chi connectivity index (χ0v) is 15.5. The molecule has 0 saturated carbocycles. The Morgan fingerprint density at radius 2 is 1.79 bits per heavy atom. The molecule has 1 saturated heterocycles. The molecule has 0 aromatic carbocycles. The van der Waals surface area contributed by atoms with Gasteiger partial charge in [0.05, 0.1) is 0 Å². The Hall–Kier alpha value is -1.02. The van der Waals surface area contributed by atoms with E-state index in [1.165, 1.54) is 11.8 Å². The van der Waals surface area contributed by atoms with Crippen LogP contribution in [0.15, 0.2) is 4.99 Å². The summed E-state index contributed by atoms with van der Waals surface area (Å²) < 4.78 is 38.4. The molecule has 5 nitrogen and oxygen atoms in total. The van der Waals surface area contributed by atoms with Gasteiger partial charge in [0.15, 0.2) is 5.96 Å². The fourth-order valence-corrected chi connectivity index (χ4v) is 2.74. The van der Waals surface area contributed by atoms with Crippen LogP contribution in [0.5, 0.6) is 0 Å². The van der Waals surface area contributed by atoms with Crippen LogP contribution < -0.4 is 5.32 Å². The number of halogens is 3. The molecule has 1 aliphatic rings. The second kappa shape index (κ2) is 9.46. The summed E-state index contributed by atoms with van der Waals surface area (Å²) in [6.45, 7) is 9.16. The largest absolute Gasteiger partial charge is 0.403 e. The first-order valence-electron chi connectivity index (χ1n) is 8.67. The van der Waals surface area contributed by atoms with E-state index in [-0.39, 0.29) is 0 Å². The van der Waals surface area contributed by atoms with Crippen LogP contribution in [0, 0.1) is 0 Å². The summed E-state index contributed by atoms with van der Waals surface area (Å²) in [5, 5.41) is 3.32. The van der Waals surface area contributed by atoms with Crippen LogP contribution in [0.1, 0.15) is 27.2 Å². The molecule has 24 heavy (non-hydrogen) atoms. The summed E-state index contributed by atoms with van der Waals surface area (Å²) in [5.41, 5.74) is 0. The molecule has 2 unspecified atom stereocenters. The Bertz CT molecular complexity index is 392. The summed E-state index contributed by atoms with van der Waals surface area (Å²) in [6, 6.07) is -0.861. The van der Waals surface area contributed by atoms with E-state index in [1.54, 1.807) is 7.05 Å². The maximum Gasteiger partial charge on any atom is 0.403 e. The molecule has 0 amide bonds. The summed E-state index contributed by atoms with van der Waals surface area (Å²) in [6.07, 6.45) is -3.06. The van der Waals surface area contributed by atoms with Crippen molar-refractivity contribution in [1.82, 2.24) is 20.0 Å². The number of hydrogen-bond acceptors (Lipinski definition) is 3. The van der Waals surface area contributed by atoms with Gasteiger partial charge in [0, 0.05) is 52.4 Å². The number of likely N-dealkylation sites (N-methyl/N-ethyl adjacent to an activating group) is 1. The molecule has 8 heteroatoms. The van der Waals surface area contributed by atoms with Gasteiger partial charge in [-0.05, 0) is 27.3 Å². The van der Waals surface area contributed by atoms with E-state index >= 15 is 0 Å². The van der Waals surface area contributed by atoms with Crippen LogP contribution in [0.2, 0.25) is 0 Å². The van der Waals surface area contributed by atoms with Gasteiger partial charge >= 0.3 is 6.18 Å². The first-order valence-corrected chi connectivity index (χ1v) is 8.67. The molecule has 0 bridgehead atoms. The lowest BCUT2D eigenvalue weighted by Crippen LogP contribution is -2.57. The standard InChI is InChI=1S/C16H32F3N5/c1-6-13(2)22(5)8-7-21-15(20-4)24-11-9-23(10-12-24)14(3)16(17,18)19/h13-14H,6-12H2,1-5H3,(H,20,21). The fourth-order valence-electron chi connectivity index (χ4n) is 2.74. The number of rotatable bonds is 6. The van der Waals surface area contributed by atoms with Crippen molar-refractivity contribution in [3.8, 4) is 0 Å². The van der Waals surface area contributed by atoms with E-state index in [0.29, 0.717) is 32.2 Å².